The van der Waals surface area contributed by atoms with Crippen LogP contribution < -0.4 is 15.8 Å². The molecule has 1 aromatic rings. The fourth-order valence-corrected chi connectivity index (χ4v) is 2.54. The second-order valence-corrected chi connectivity index (χ2v) is 5.98. The van der Waals surface area contributed by atoms with E-state index in [-0.39, 0.29) is 6.10 Å². The van der Waals surface area contributed by atoms with Crippen molar-refractivity contribution in [3.63, 3.8) is 0 Å². The van der Waals surface area contributed by atoms with Gasteiger partial charge >= 0.3 is 0 Å². The van der Waals surface area contributed by atoms with Gasteiger partial charge in [0.15, 0.2) is 5.82 Å². The van der Waals surface area contributed by atoms with E-state index in [1.165, 1.54) is 32.0 Å². The second kappa shape index (κ2) is 5.63. The van der Waals surface area contributed by atoms with Gasteiger partial charge in [0.25, 0.3) is 0 Å². The first-order valence-corrected chi connectivity index (χ1v) is 7.01. The van der Waals surface area contributed by atoms with E-state index in [1.807, 2.05) is 13.8 Å². The average molecular weight is 264 g/mol. The van der Waals surface area contributed by atoms with Gasteiger partial charge < -0.3 is 15.8 Å². The maximum Gasteiger partial charge on any atom is 0.242 e. The fourth-order valence-electron chi connectivity index (χ4n) is 2.54. The number of hydrogen-bond acceptors (Lipinski definition) is 5. The third-order valence-electron chi connectivity index (χ3n) is 3.69. The van der Waals surface area contributed by atoms with Crippen LogP contribution >= 0.6 is 0 Å². The Balaban J connectivity index is 2.04. The minimum atomic E-state index is 0.0531. The summed E-state index contributed by atoms with van der Waals surface area (Å²) in [6.45, 7) is 7.12. The first-order chi connectivity index (χ1) is 9.00. The lowest BCUT2D eigenvalue weighted by Crippen LogP contribution is -2.24. The van der Waals surface area contributed by atoms with Crippen molar-refractivity contribution in [2.45, 2.75) is 52.6 Å². The van der Waals surface area contributed by atoms with Gasteiger partial charge in [0.05, 0.1) is 6.10 Å². The lowest BCUT2D eigenvalue weighted by molar-refractivity contribution is 0.234. The van der Waals surface area contributed by atoms with Crippen molar-refractivity contribution in [3.05, 3.63) is 6.33 Å². The van der Waals surface area contributed by atoms with Gasteiger partial charge in [0.2, 0.25) is 5.88 Å². The molecule has 1 fully saturated rings. The van der Waals surface area contributed by atoms with Crippen molar-refractivity contribution in [2.75, 3.05) is 17.6 Å². The molecule has 1 saturated carbocycles. The van der Waals surface area contributed by atoms with E-state index in [2.05, 4.69) is 22.2 Å². The molecule has 1 heterocycles. The smallest absolute Gasteiger partial charge is 0.242 e. The topological polar surface area (TPSA) is 73.1 Å². The number of rotatable bonds is 5. The first kappa shape index (κ1) is 13.9. The van der Waals surface area contributed by atoms with Crippen LogP contribution in [-0.4, -0.2) is 22.6 Å². The Bertz CT molecular complexity index is 427. The monoisotopic (exact) mass is 264 g/mol. The fraction of sp³-hybridized carbons (Fsp3) is 0.714. The van der Waals surface area contributed by atoms with E-state index < -0.39 is 0 Å². The predicted octanol–water partition coefficient (Wildman–Crippen LogP) is 2.84. The Kier molecular flexibility index (Phi) is 4.12. The van der Waals surface area contributed by atoms with Crippen LogP contribution in [0.1, 0.15) is 46.5 Å². The molecule has 0 spiro atoms. The Hall–Kier alpha value is -1.52. The zero-order valence-electron chi connectivity index (χ0n) is 12.1. The number of nitrogens with one attached hydrogen (secondary N) is 1. The number of nitrogens with two attached hydrogens (primary N) is 1. The van der Waals surface area contributed by atoms with Crippen LogP contribution in [0.2, 0.25) is 0 Å². The van der Waals surface area contributed by atoms with Crippen LogP contribution in [-0.2, 0) is 0 Å². The molecule has 0 bridgehead atoms. The molecule has 5 nitrogen and oxygen atoms in total. The van der Waals surface area contributed by atoms with Crippen LogP contribution in [0.5, 0.6) is 5.88 Å². The summed E-state index contributed by atoms with van der Waals surface area (Å²) in [5, 5.41) is 3.35. The molecule has 1 aromatic heterocycles. The van der Waals surface area contributed by atoms with Crippen molar-refractivity contribution < 1.29 is 4.74 Å². The minimum Gasteiger partial charge on any atom is -0.473 e. The van der Waals surface area contributed by atoms with E-state index in [9.17, 15) is 0 Å². The van der Waals surface area contributed by atoms with Gasteiger partial charge in [-0.05, 0) is 32.1 Å². The highest BCUT2D eigenvalue weighted by Gasteiger charge is 2.28. The highest BCUT2D eigenvalue weighted by atomic mass is 16.5. The molecule has 5 heteroatoms. The molecule has 1 aliphatic rings. The molecular weight excluding hydrogens is 240 g/mol. The lowest BCUT2D eigenvalue weighted by atomic mass is 9.89. The zero-order chi connectivity index (χ0) is 13.9. The molecule has 19 heavy (non-hydrogen) atoms. The standard InChI is InChI=1S/C14H24N4O/c1-10(2)19-13-11(15)12(17-9-18-13)16-8-14(3)6-4-5-7-14/h9-10H,4-8,15H2,1-3H3,(H,16,17,18). The van der Waals surface area contributed by atoms with Crippen molar-refractivity contribution in [1.29, 1.82) is 0 Å². The van der Waals surface area contributed by atoms with Crippen molar-refractivity contribution in [1.82, 2.24) is 9.97 Å². The Morgan fingerprint density at radius 1 is 1.37 bits per heavy atom. The highest BCUT2D eigenvalue weighted by molar-refractivity contribution is 5.66. The molecule has 0 unspecified atom stereocenters. The molecule has 0 aromatic carbocycles. The summed E-state index contributed by atoms with van der Waals surface area (Å²) in [6.07, 6.45) is 6.71. The molecule has 106 valence electrons. The Morgan fingerprint density at radius 2 is 2.05 bits per heavy atom. The second-order valence-electron chi connectivity index (χ2n) is 5.98. The minimum absolute atomic E-state index is 0.0531. The van der Waals surface area contributed by atoms with Crippen molar-refractivity contribution >= 4 is 11.5 Å². The SMILES string of the molecule is CC(C)Oc1ncnc(NCC2(C)CCCC2)c1N. The number of anilines is 2. The van der Waals surface area contributed by atoms with E-state index in [0.717, 1.165) is 6.54 Å². The third-order valence-corrected chi connectivity index (χ3v) is 3.69. The Labute approximate surface area is 115 Å². The molecule has 0 atom stereocenters. The van der Waals surface area contributed by atoms with Crippen LogP contribution in [0.3, 0.4) is 0 Å². The molecule has 3 N–H and O–H groups in total. The summed E-state index contributed by atoms with van der Waals surface area (Å²) in [6, 6.07) is 0. The van der Waals surface area contributed by atoms with E-state index in [1.54, 1.807) is 0 Å². The number of ether oxygens (including phenoxy) is 1. The van der Waals surface area contributed by atoms with Crippen molar-refractivity contribution in [3.8, 4) is 5.88 Å². The molecular formula is C14H24N4O. The molecule has 0 aliphatic heterocycles. The zero-order valence-corrected chi connectivity index (χ0v) is 12.1. The molecule has 0 radical (unpaired) electrons. The Morgan fingerprint density at radius 3 is 2.68 bits per heavy atom. The predicted molar refractivity (Wildman–Crippen MR) is 77.3 cm³/mol. The summed E-state index contributed by atoms with van der Waals surface area (Å²) >= 11 is 0. The molecule has 0 saturated heterocycles. The molecule has 1 aliphatic carbocycles. The van der Waals surface area contributed by atoms with Gasteiger partial charge in [-0.2, -0.15) is 4.98 Å². The maximum absolute atomic E-state index is 6.05. The van der Waals surface area contributed by atoms with E-state index >= 15 is 0 Å². The number of nitrogen functional groups attached to an aromatic ring is 1. The lowest BCUT2D eigenvalue weighted by Gasteiger charge is -2.24. The van der Waals surface area contributed by atoms with Crippen LogP contribution in [0.4, 0.5) is 11.5 Å². The summed E-state index contributed by atoms with van der Waals surface area (Å²) in [7, 11) is 0. The summed E-state index contributed by atoms with van der Waals surface area (Å²) in [5.74, 6) is 1.14. The van der Waals surface area contributed by atoms with Gasteiger partial charge in [0.1, 0.15) is 12.0 Å². The largest absolute Gasteiger partial charge is 0.473 e. The maximum atomic E-state index is 6.05. The van der Waals surface area contributed by atoms with Gasteiger partial charge in [-0.3, -0.25) is 0 Å². The van der Waals surface area contributed by atoms with Crippen molar-refractivity contribution in [2.24, 2.45) is 5.41 Å². The third kappa shape index (κ3) is 3.49. The van der Waals surface area contributed by atoms with Gasteiger partial charge in [0, 0.05) is 6.54 Å². The first-order valence-electron chi connectivity index (χ1n) is 7.01. The number of aromatic nitrogens is 2. The average Bonchev–Trinajstić information content (AvgIpc) is 2.77. The summed E-state index contributed by atoms with van der Waals surface area (Å²) < 4.78 is 5.57. The van der Waals surface area contributed by atoms with Crippen LogP contribution in [0.25, 0.3) is 0 Å². The summed E-state index contributed by atoms with van der Waals surface area (Å²) in [5.41, 5.74) is 6.90. The number of nitrogens with zero attached hydrogens (tertiary/aromatic N) is 2. The quantitative estimate of drug-likeness (QED) is 0.855. The van der Waals surface area contributed by atoms with Gasteiger partial charge in [-0.1, -0.05) is 19.8 Å². The molecule has 0 amide bonds. The van der Waals surface area contributed by atoms with Crippen LogP contribution in [0.15, 0.2) is 6.33 Å². The normalized spacial score (nSPS) is 17.7. The molecule has 2 rings (SSSR count). The summed E-state index contributed by atoms with van der Waals surface area (Å²) in [4.78, 5) is 8.29. The van der Waals surface area contributed by atoms with Crippen LogP contribution in [0, 0.1) is 5.41 Å². The number of hydrogen-bond donors (Lipinski definition) is 2. The highest BCUT2D eigenvalue weighted by Crippen LogP contribution is 2.38. The van der Waals surface area contributed by atoms with Gasteiger partial charge in [-0.15, -0.1) is 0 Å². The van der Waals surface area contributed by atoms with E-state index in [0.29, 0.717) is 22.8 Å². The van der Waals surface area contributed by atoms with E-state index in [4.69, 9.17) is 10.5 Å². The van der Waals surface area contributed by atoms with Gasteiger partial charge in [-0.25, -0.2) is 4.98 Å².